The minimum absolute atomic E-state index is 0.736. The number of hydrogen-bond acceptors (Lipinski definition) is 4. The monoisotopic (exact) mass is 217 g/mol. The first kappa shape index (κ1) is 10.8. The van der Waals surface area contributed by atoms with Crippen LogP contribution in [0.4, 0.5) is 0 Å². The molecule has 84 valence electrons. The van der Waals surface area contributed by atoms with Crippen LogP contribution in [0, 0.1) is 0 Å². The predicted octanol–water partition coefficient (Wildman–Crippen LogP) is 1.15. The van der Waals surface area contributed by atoms with Crippen molar-refractivity contribution >= 4 is 0 Å². The molecule has 0 aliphatic rings. The van der Waals surface area contributed by atoms with Crippen molar-refractivity contribution in [3.05, 3.63) is 30.7 Å². The summed E-state index contributed by atoms with van der Waals surface area (Å²) in [5, 5.41) is 0. The van der Waals surface area contributed by atoms with Crippen LogP contribution in [0.3, 0.4) is 0 Å². The first-order valence-corrected chi connectivity index (χ1v) is 5.40. The van der Waals surface area contributed by atoms with Crippen molar-refractivity contribution in [3.63, 3.8) is 0 Å². The van der Waals surface area contributed by atoms with Crippen molar-refractivity contribution in [3.8, 4) is 11.3 Å². The van der Waals surface area contributed by atoms with Gasteiger partial charge in [0.25, 0.3) is 0 Å². The second-order valence-electron chi connectivity index (χ2n) is 3.61. The Morgan fingerprint density at radius 3 is 2.75 bits per heavy atom. The number of unbranched alkanes of at least 4 members (excludes halogenated alkanes) is 1. The Hall–Kier alpha value is -1.75. The van der Waals surface area contributed by atoms with Crippen LogP contribution in [-0.2, 0) is 6.42 Å². The number of hydrogen-bond donors (Lipinski definition) is 2. The van der Waals surface area contributed by atoms with Crippen molar-refractivity contribution in [1.29, 1.82) is 0 Å². The minimum Gasteiger partial charge on any atom is -0.348 e. The predicted molar refractivity (Wildman–Crippen MR) is 61.6 cm³/mol. The molecule has 2 rings (SSSR count). The third-order valence-electron chi connectivity index (χ3n) is 2.35. The van der Waals surface area contributed by atoms with Gasteiger partial charge in [-0.25, -0.2) is 15.0 Å². The van der Waals surface area contributed by atoms with Crippen LogP contribution in [0.1, 0.15) is 18.7 Å². The standard InChI is InChI=1S/C11H15N5/c12-4-2-1-3-11-15-7-10(16-11)9-5-13-8-14-6-9/h5-8H,1-4,12H2,(H,15,16). The first-order chi connectivity index (χ1) is 7.90. The van der Waals surface area contributed by atoms with E-state index >= 15 is 0 Å². The molecule has 5 heteroatoms. The van der Waals surface area contributed by atoms with E-state index < -0.39 is 0 Å². The summed E-state index contributed by atoms with van der Waals surface area (Å²) in [4.78, 5) is 15.6. The van der Waals surface area contributed by atoms with Gasteiger partial charge in [-0.3, -0.25) is 0 Å². The number of aromatic amines is 1. The van der Waals surface area contributed by atoms with Gasteiger partial charge in [0.2, 0.25) is 0 Å². The van der Waals surface area contributed by atoms with Crippen LogP contribution >= 0.6 is 0 Å². The van der Waals surface area contributed by atoms with Gasteiger partial charge in [-0.2, -0.15) is 0 Å². The molecule has 0 aromatic carbocycles. The number of nitrogens with zero attached hydrogens (tertiary/aromatic N) is 3. The number of nitrogens with two attached hydrogens (primary N) is 1. The fraction of sp³-hybridized carbons (Fsp3) is 0.364. The third kappa shape index (κ3) is 2.64. The van der Waals surface area contributed by atoms with Crippen LogP contribution in [0.25, 0.3) is 11.3 Å². The van der Waals surface area contributed by atoms with Crippen molar-refractivity contribution in [1.82, 2.24) is 19.9 Å². The Labute approximate surface area is 94.2 Å². The van der Waals surface area contributed by atoms with Crippen LogP contribution in [0.5, 0.6) is 0 Å². The molecule has 0 unspecified atom stereocenters. The summed E-state index contributed by atoms with van der Waals surface area (Å²) in [6.45, 7) is 0.736. The van der Waals surface area contributed by atoms with E-state index in [1.807, 2.05) is 6.20 Å². The van der Waals surface area contributed by atoms with Gasteiger partial charge in [-0.1, -0.05) is 0 Å². The third-order valence-corrected chi connectivity index (χ3v) is 2.35. The van der Waals surface area contributed by atoms with E-state index in [9.17, 15) is 0 Å². The van der Waals surface area contributed by atoms with Gasteiger partial charge in [0, 0.05) is 30.6 Å². The van der Waals surface area contributed by atoms with Crippen molar-refractivity contribution in [2.24, 2.45) is 5.73 Å². The number of aromatic nitrogens is 4. The second-order valence-corrected chi connectivity index (χ2v) is 3.61. The normalized spacial score (nSPS) is 10.6. The lowest BCUT2D eigenvalue weighted by atomic mass is 10.2. The number of aryl methyl sites for hydroxylation is 1. The molecule has 5 nitrogen and oxygen atoms in total. The maximum absolute atomic E-state index is 5.44. The topological polar surface area (TPSA) is 80.5 Å². The summed E-state index contributed by atoms with van der Waals surface area (Å²) < 4.78 is 0. The lowest BCUT2D eigenvalue weighted by molar-refractivity contribution is 0.723. The van der Waals surface area contributed by atoms with Gasteiger partial charge in [0.05, 0.1) is 5.69 Å². The number of rotatable bonds is 5. The fourth-order valence-corrected chi connectivity index (χ4v) is 1.51. The highest BCUT2D eigenvalue weighted by Gasteiger charge is 2.03. The molecule has 3 N–H and O–H groups in total. The van der Waals surface area contributed by atoms with E-state index in [2.05, 4.69) is 19.9 Å². The zero-order valence-corrected chi connectivity index (χ0v) is 9.06. The summed E-state index contributed by atoms with van der Waals surface area (Å²) in [5.41, 5.74) is 7.27. The molecule has 0 aliphatic heterocycles. The highest BCUT2D eigenvalue weighted by molar-refractivity contribution is 5.55. The Bertz CT molecular complexity index is 423. The molecule has 0 radical (unpaired) electrons. The summed E-state index contributed by atoms with van der Waals surface area (Å²) in [6, 6.07) is 0. The number of nitrogens with one attached hydrogen (secondary N) is 1. The highest BCUT2D eigenvalue weighted by atomic mass is 14.9. The van der Waals surface area contributed by atoms with E-state index in [1.54, 1.807) is 12.4 Å². The second kappa shape index (κ2) is 5.37. The smallest absolute Gasteiger partial charge is 0.115 e. The maximum Gasteiger partial charge on any atom is 0.115 e. The number of imidazole rings is 1. The van der Waals surface area contributed by atoms with E-state index in [-0.39, 0.29) is 0 Å². The molecule has 2 aromatic heterocycles. The molecule has 0 atom stereocenters. The van der Waals surface area contributed by atoms with Gasteiger partial charge < -0.3 is 10.7 Å². The Kier molecular flexibility index (Phi) is 3.61. The lowest BCUT2D eigenvalue weighted by Gasteiger charge is -1.95. The molecular weight excluding hydrogens is 202 g/mol. The van der Waals surface area contributed by atoms with E-state index in [1.165, 1.54) is 6.33 Å². The van der Waals surface area contributed by atoms with Crippen molar-refractivity contribution in [2.45, 2.75) is 19.3 Å². The summed E-state index contributed by atoms with van der Waals surface area (Å²) >= 11 is 0. The molecule has 0 bridgehead atoms. The van der Waals surface area contributed by atoms with E-state index in [0.29, 0.717) is 0 Å². The van der Waals surface area contributed by atoms with Crippen molar-refractivity contribution < 1.29 is 0 Å². The van der Waals surface area contributed by atoms with Crippen molar-refractivity contribution in [2.75, 3.05) is 6.54 Å². The number of H-pyrrole nitrogens is 1. The van der Waals surface area contributed by atoms with Gasteiger partial charge in [-0.15, -0.1) is 0 Å². The molecule has 2 heterocycles. The summed E-state index contributed by atoms with van der Waals surface area (Å²) in [7, 11) is 0. The largest absolute Gasteiger partial charge is 0.348 e. The fourth-order valence-electron chi connectivity index (χ4n) is 1.51. The lowest BCUT2D eigenvalue weighted by Crippen LogP contribution is -1.99. The van der Waals surface area contributed by atoms with E-state index in [4.69, 9.17) is 5.73 Å². The Morgan fingerprint density at radius 2 is 2.00 bits per heavy atom. The highest BCUT2D eigenvalue weighted by Crippen LogP contribution is 2.14. The van der Waals surface area contributed by atoms with Gasteiger partial charge in [0.15, 0.2) is 0 Å². The SMILES string of the molecule is NCCCCc1nc(-c2cncnc2)c[nH]1. The zero-order chi connectivity index (χ0) is 11.2. The van der Waals surface area contributed by atoms with Gasteiger partial charge in [-0.05, 0) is 19.4 Å². The quantitative estimate of drug-likeness (QED) is 0.736. The van der Waals surface area contributed by atoms with E-state index in [0.717, 1.165) is 42.9 Å². The van der Waals surface area contributed by atoms with Crippen LogP contribution in [0.15, 0.2) is 24.9 Å². The van der Waals surface area contributed by atoms with Gasteiger partial charge in [0.1, 0.15) is 12.2 Å². The summed E-state index contributed by atoms with van der Waals surface area (Å²) in [5.74, 6) is 0.993. The van der Waals surface area contributed by atoms with Gasteiger partial charge >= 0.3 is 0 Å². The molecule has 0 amide bonds. The molecule has 0 aliphatic carbocycles. The molecule has 0 spiro atoms. The minimum atomic E-state index is 0.736. The molecule has 16 heavy (non-hydrogen) atoms. The van der Waals surface area contributed by atoms with Crippen LogP contribution < -0.4 is 5.73 Å². The average molecular weight is 217 g/mol. The molecule has 0 saturated carbocycles. The average Bonchev–Trinajstić information content (AvgIpc) is 2.79. The summed E-state index contributed by atoms with van der Waals surface area (Å²) in [6.07, 6.45) is 9.94. The first-order valence-electron chi connectivity index (χ1n) is 5.40. The molecular formula is C11H15N5. The van der Waals surface area contributed by atoms with Crippen LogP contribution in [0.2, 0.25) is 0 Å². The van der Waals surface area contributed by atoms with Crippen LogP contribution in [-0.4, -0.2) is 26.5 Å². The maximum atomic E-state index is 5.44. The Morgan fingerprint density at radius 1 is 1.19 bits per heavy atom. The zero-order valence-electron chi connectivity index (χ0n) is 9.06. The Balaban J connectivity index is 2.02. The molecule has 0 saturated heterocycles. The molecule has 2 aromatic rings. The molecule has 0 fully saturated rings.